The number of hydrogen-bond donors (Lipinski definition) is 1. The van der Waals surface area contributed by atoms with E-state index in [1.807, 2.05) is 0 Å². The van der Waals surface area contributed by atoms with Crippen LogP contribution in [0.4, 0.5) is 18.9 Å². The third-order valence-corrected chi connectivity index (χ3v) is 1.47. The second-order valence-electron chi connectivity index (χ2n) is 2.78. The summed E-state index contributed by atoms with van der Waals surface area (Å²) >= 11 is 0. The summed E-state index contributed by atoms with van der Waals surface area (Å²) in [6, 6.07) is 0. The standard InChI is InChI=1S/C8H8F3N3/c1-4(2)6-5(12)3-13-7(14-6)8(9,10)11/h3H,1,12H2,2H3. The molecule has 1 heterocycles. The van der Waals surface area contributed by atoms with E-state index >= 15 is 0 Å². The average molecular weight is 203 g/mol. The van der Waals surface area contributed by atoms with Gasteiger partial charge in [-0.1, -0.05) is 6.58 Å². The molecule has 0 fully saturated rings. The fraction of sp³-hybridized carbons (Fsp3) is 0.250. The Morgan fingerprint density at radius 3 is 2.50 bits per heavy atom. The van der Waals surface area contributed by atoms with Crippen LogP contribution >= 0.6 is 0 Å². The molecule has 0 aliphatic rings. The fourth-order valence-electron chi connectivity index (χ4n) is 0.870. The van der Waals surface area contributed by atoms with E-state index in [0.717, 1.165) is 6.20 Å². The van der Waals surface area contributed by atoms with Crippen molar-refractivity contribution in [2.24, 2.45) is 0 Å². The van der Waals surface area contributed by atoms with Gasteiger partial charge in [-0.25, -0.2) is 9.97 Å². The van der Waals surface area contributed by atoms with Gasteiger partial charge in [-0.2, -0.15) is 13.2 Å². The number of nitrogen functional groups attached to an aromatic ring is 1. The number of nitrogens with two attached hydrogens (primary N) is 1. The Labute approximate surface area is 78.5 Å². The Morgan fingerprint density at radius 1 is 1.50 bits per heavy atom. The molecule has 0 unspecified atom stereocenters. The topological polar surface area (TPSA) is 51.8 Å². The van der Waals surface area contributed by atoms with Crippen LogP contribution in [0.15, 0.2) is 12.8 Å². The van der Waals surface area contributed by atoms with E-state index in [-0.39, 0.29) is 11.4 Å². The molecule has 0 saturated heterocycles. The van der Waals surface area contributed by atoms with Crippen LogP contribution in [-0.4, -0.2) is 9.97 Å². The molecule has 0 radical (unpaired) electrons. The van der Waals surface area contributed by atoms with E-state index in [1.165, 1.54) is 6.92 Å². The molecule has 0 aliphatic heterocycles. The molecule has 1 rings (SSSR count). The molecule has 0 aromatic carbocycles. The molecule has 0 atom stereocenters. The molecule has 6 heteroatoms. The van der Waals surface area contributed by atoms with E-state index < -0.39 is 12.0 Å². The van der Waals surface area contributed by atoms with Gasteiger partial charge in [0.2, 0.25) is 5.82 Å². The first-order valence-electron chi connectivity index (χ1n) is 3.68. The Kier molecular flexibility index (Phi) is 2.46. The van der Waals surface area contributed by atoms with Crippen molar-refractivity contribution in [2.45, 2.75) is 13.1 Å². The van der Waals surface area contributed by atoms with Gasteiger partial charge in [0.25, 0.3) is 0 Å². The van der Waals surface area contributed by atoms with Gasteiger partial charge in [-0.05, 0) is 12.5 Å². The molecule has 0 aliphatic carbocycles. The lowest BCUT2D eigenvalue weighted by atomic mass is 10.2. The number of aromatic nitrogens is 2. The molecule has 1 aromatic heterocycles. The van der Waals surface area contributed by atoms with Crippen molar-refractivity contribution in [3.63, 3.8) is 0 Å². The Morgan fingerprint density at radius 2 is 2.07 bits per heavy atom. The fourth-order valence-corrected chi connectivity index (χ4v) is 0.870. The zero-order chi connectivity index (χ0) is 10.9. The van der Waals surface area contributed by atoms with Crippen LogP contribution in [0.25, 0.3) is 5.57 Å². The highest BCUT2D eigenvalue weighted by molar-refractivity contribution is 5.68. The van der Waals surface area contributed by atoms with Gasteiger partial charge in [-0.3, -0.25) is 0 Å². The lowest BCUT2D eigenvalue weighted by Crippen LogP contribution is -2.13. The van der Waals surface area contributed by atoms with Gasteiger partial charge in [0.1, 0.15) is 0 Å². The van der Waals surface area contributed by atoms with E-state index in [1.54, 1.807) is 0 Å². The summed E-state index contributed by atoms with van der Waals surface area (Å²) in [5.74, 6) is -1.20. The van der Waals surface area contributed by atoms with Crippen molar-refractivity contribution >= 4 is 11.3 Å². The van der Waals surface area contributed by atoms with Crippen LogP contribution in [0.5, 0.6) is 0 Å². The first-order chi connectivity index (χ1) is 6.32. The lowest BCUT2D eigenvalue weighted by Gasteiger charge is -2.08. The lowest BCUT2D eigenvalue weighted by molar-refractivity contribution is -0.145. The third-order valence-electron chi connectivity index (χ3n) is 1.47. The maximum absolute atomic E-state index is 12.2. The minimum absolute atomic E-state index is 0.0346. The van der Waals surface area contributed by atoms with Crippen molar-refractivity contribution in [2.75, 3.05) is 5.73 Å². The smallest absolute Gasteiger partial charge is 0.396 e. The molecular formula is C8H8F3N3. The minimum Gasteiger partial charge on any atom is -0.396 e. The molecule has 0 amide bonds. The maximum Gasteiger partial charge on any atom is 0.451 e. The van der Waals surface area contributed by atoms with Gasteiger partial charge in [0.15, 0.2) is 0 Å². The number of halogens is 3. The van der Waals surface area contributed by atoms with Gasteiger partial charge in [0, 0.05) is 0 Å². The highest BCUT2D eigenvalue weighted by Crippen LogP contribution is 2.28. The van der Waals surface area contributed by atoms with Gasteiger partial charge in [0.05, 0.1) is 17.6 Å². The Hall–Kier alpha value is -1.59. The van der Waals surface area contributed by atoms with Crippen LogP contribution < -0.4 is 5.73 Å². The van der Waals surface area contributed by atoms with Crippen molar-refractivity contribution in [3.05, 3.63) is 24.3 Å². The summed E-state index contributed by atoms with van der Waals surface area (Å²) in [6.07, 6.45) is -3.63. The normalized spacial score (nSPS) is 11.4. The summed E-state index contributed by atoms with van der Waals surface area (Å²) in [4.78, 5) is 6.37. The number of nitrogens with zero attached hydrogens (tertiary/aromatic N) is 2. The molecule has 0 spiro atoms. The predicted molar refractivity (Wildman–Crippen MR) is 46.2 cm³/mol. The highest BCUT2D eigenvalue weighted by atomic mass is 19.4. The molecule has 2 N–H and O–H groups in total. The number of hydrogen-bond acceptors (Lipinski definition) is 3. The summed E-state index contributed by atoms with van der Waals surface area (Å²) < 4.78 is 36.5. The third kappa shape index (κ3) is 2.01. The number of rotatable bonds is 1. The summed E-state index contributed by atoms with van der Waals surface area (Å²) in [7, 11) is 0. The van der Waals surface area contributed by atoms with E-state index in [2.05, 4.69) is 16.5 Å². The predicted octanol–water partition coefficient (Wildman–Crippen LogP) is 2.11. The highest BCUT2D eigenvalue weighted by Gasteiger charge is 2.35. The zero-order valence-electron chi connectivity index (χ0n) is 7.39. The van der Waals surface area contributed by atoms with Crippen LogP contribution in [0.2, 0.25) is 0 Å². The Bertz CT molecular complexity index is 371. The van der Waals surface area contributed by atoms with E-state index in [9.17, 15) is 13.2 Å². The zero-order valence-corrected chi connectivity index (χ0v) is 7.39. The monoisotopic (exact) mass is 203 g/mol. The van der Waals surface area contributed by atoms with Crippen LogP contribution in [0.3, 0.4) is 0 Å². The first kappa shape index (κ1) is 10.5. The summed E-state index contributed by atoms with van der Waals surface area (Å²) in [6.45, 7) is 5.00. The Balaban J connectivity index is 3.27. The second-order valence-corrected chi connectivity index (χ2v) is 2.78. The molecular weight excluding hydrogens is 195 g/mol. The molecule has 1 aromatic rings. The quantitative estimate of drug-likeness (QED) is 0.760. The molecule has 76 valence electrons. The number of anilines is 1. The summed E-state index contributed by atoms with van der Waals surface area (Å²) in [5.41, 5.74) is 5.87. The van der Waals surface area contributed by atoms with Gasteiger partial charge >= 0.3 is 6.18 Å². The van der Waals surface area contributed by atoms with Crippen molar-refractivity contribution in [3.8, 4) is 0 Å². The molecule has 14 heavy (non-hydrogen) atoms. The molecule has 0 bridgehead atoms. The number of allylic oxidation sites excluding steroid dienone is 1. The van der Waals surface area contributed by atoms with Crippen LogP contribution in [0.1, 0.15) is 18.4 Å². The van der Waals surface area contributed by atoms with Crippen molar-refractivity contribution in [1.82, 2.24) is 9.97 Å². The van der Waals surface area contributed by atoms with Crippen LogP contribution in [-0.2, 0) is 6.18 Å². The molecule has 3 nitrogen and oxygen atoms in total. The van der Waals surface area contributed by atoms with Gasteiger partial charge < -0.3 is 5.73 Å². The summed E-state index contributed by atoms with van der Waals surface area (Å²) in [5, 5.41) is 0. The average Bonchev–Trinajstić information content (AvgIpc) is 2.02. The van der Waals surface area contributed by atoms with E-state index in [0.29, 0.717) is 5.57 Å². The van der Waals surface area contributed by atoms with E-state index in [4.69, 9.17) is 5.73 Å². The van der Waals surface area contributed by atoms with Crippen LogP contribution in [0, 0.1) is 0 Å². The van der Waals surface area contributed by atoms with Gasteiger partial charge in [-0.15, -0.1) is 0 Å². The SMILES string of the molecule is C=C(C)c1nc(C(F)(F)F)ncc1N. The second kappa shape index (κ2) is 3.28. The molecule has 0 saturated carbocycles. The minimum atomic E-state index is -4.56. The first-order valence-corrected chi connectivity index (χ1v) is 3.68. The largest absolute Gasteiger partial charge is 0.451 e. The van der Waals surface area contributed by atoms with Crippen molar-refractivity contribution < 1.29 is 13.2 Å². The number of alkyl halides is 3. The van der Waals surface area contributed by atoms with Crippen molar-refractivity contribution in [1.29, 1.82) is 0 Å². The maximum atomic E-state index is 12.2.